The van der Waals surface area contributed by atoms with Crippen molar-refractivity contribution in [3.05, 3.63) is 66.1 Å². The Bertz CT molecular complexity index is 676. The van der Waals surface area contributed by atoms with Crippen LogP contribution < -0.4 is 11.1 Å². The van der Waals surface area contributed by atoms with Crippen molar-refractivity contribution in [2.75, 3.05) is 11.1 Å². The third-order valence-corrected chi connectivity index (χ3v) is 3.13. The molecule has 3 nitrogen and oxygen atoms in total. The maximum atomic E-state index is 12.8. The van der Waals surface area contributed by atoms with Crippen molar-refractivity contribution < 1.29 is 4.39 Å². The van der Waals surface area contributed by atoms with E-state index in [-0.39, 0.29) is 5.82 Å². The number of hydrogen-bond donors (Lipinski definition) is 2. The molecule has 0 heterocycles. The Hall–Kier alpha value is -2.62. The summed E-state index contributed by atoms with van der Waals surface area (Å²) in [7, 11) is 0. The smallest absolute Gasteiger partial charge is 0.123 e. The molecule has 0 aliphatic rings. The molecule has 2 aromatic carbocycles. The summed E-state index contributed by atoms with van der Waals surface area (Å²) in [5.74, 6) is -0.260. The van der Waals surface area contributed by atoms with E-state index in [1.165, 1.54) is 12.1 Å². The maximum Gasteiger partial charge on any atom is 0.123 e. The number of nitrogens with zero attached hydrogens (tertiary/aromatic N) is 1. The third kappa shape index (κ3) is 6.24. The van der Waals surface area contributed by atoms with Gasteiger partial charge in [0.25, 0.3) is 0 Å². The van der Waals surface area contributed by atoms with Gasteiger partial charge in [0.2, 0.25) is 0 Å². The molecule has 0 aliphatic heterocycles. The van der Waals surface area contributed by atoms with Crippen LogP contribution >= 0.6 is 0 Å². The summed E-state index contributed by atoms with van der Waals surface area (Å²) in [6.45, 7) is 10.1. The lowest BCUT2D eigenvalue weighted by atomic mass is 10.2. The molecule has 0 aromatic heterocycles. The van der Waals surface area contributed by atoms with Crippen LogP contribution in [0.4, 0.5) is 21.5 Å². The van der Waals surface area contributed by atoms with Gasteiger partial charge in [0, 0.05) is 11.9 Å². The largest absolute Gasteiger partial charge is 0.397 e. The zero-order valence-corrected chi connectivity index (χ0v) is 14.6. The second-order valence-electron chi connectivity index (χ2n) is 5.06. The minimum absolute atomic E-state index is 0.260. The number of allylic oxidation sites excluding steroid dienone is 1. The molecule has 2 rings (SSSR count). The van der Waals surface area contributed by atoms with Crippen LogP contribution in [0.3, 0.4) is 0 Å². The number of benzene rings is 2. The van der Waals surface area contributed by atoms with Crippen molar-refractivity contribution in [3.8, 4) is 0 Å². The molecule has 0 atom stereocenters. The second kappa shape index (κ2) is 10.2. The fraction of sp³-hybridized carbons (Fsp3) is 0.250. The first kappa shape index (κ1) is 19.4. The van der Waals surface area contributed by atoms with Gasteiger partial charge in [-0.2, -0.15) is 0 Å². The number of halogens is 1. The standard InChI is InChI=1S/C18H20FN3.C2H6/c1-3-4-13(2)22-18-10-9-16(11-17(18)20)21-12-14-5-7-15(19)8-6-14;1-2/h5-12,22H,2-4,20H2,1H3;1-2H3. The number of nitrogens with one attached hydrogen (secondary N) is 1. The lowest BCUT2D eigenvalue weighted by molar-refractivity contribution is 0.628. The summed E-state index contributed by atoms with van der Waals surface area (Å²) in [5, 5.41) is 3.21. The highest BCUT2D eigenvalue weighted by molar-refractivity contribution is 5.83. The molecule has 0 amide bonds. The Kier molecular flexibility index (Phi) is 8.26. The Morgan fingerprint density at radius 2 is 1.88 bits per heavy atom. The molecule has 24 heavy (non-hydrogen) atoms. The SMILES string of the molecule is C=C(CCC)Nc1ccc(N=Cc2ccc(F)cc2)cc1N.CC. The van der Waals surface area contributed by atoms with Gasteiger partial charge in [0.1, 0.15) is 5.82 Å². The van der Waals surface area contributed by atoms with Crippen molar-refractivity contribution in [3.63, 3.8) is 0 Å². The molecular weight excluding hydrogens is 301 g/mol. The highest BCUT2D eigenvalue weighted by Gasteiger charge is 2.01. The van der Waals surface area contributed by atoms with Gasteiger partial charge in [-0.25, -0.2) is 4.39 Å². The molecule has 0 aliphatic carbocycles. The lowest BCUT2D eigenvalue weighted by Gasteiger charge is -2.11. The van der Waals surface area contributed by atoms with Gasteiger partial charge in [-0.3, -0.25) is 4.99 Å². The Labute approximate surface area is 144 Å². The fourth-order valence-electron chi connectivity index (χ4n) is 2.00. The third-order valence-electron chi connectivity index (χ3n) is 3.13. The van der Waals surface area contributed by atoms with Crippen molar-refractivity contribution in [2.24, 2.45) is 4.99 Å². The van der Waals surface area contributed by atoms with E-state index in [9.17, 15) is 4.39 Å². The van der Waals surface area contributed by atoms with Gasteiger partial charge < -0.3 is 11.1 Å². The molecule has 0 saturated heterocycles. The van der Waals surface area contributed by atoms with Gasteiger partial charge in [0.15, 0.2) is 0 Å². The molecule has 0 unspecified atom stereocenters. The summed E-state index contributed by atoms with van der Waals surface area (Å²) >= 11 is 0. The number of nitrogens with two attached hydrogens (primary N) is 1. The number of aliphatic imine (C=N–C) groups is 1. The number of rotatable bonds is 6. The normalized spacial score (nSPS) is 10.2. The van der Waals surface area contributed by atoms with Crippen molar-refractivity contribution in [2.45, 2.75) is 33.6 Å². The first-order valence-corrected chi connectivity index (χ1v) is 8.22. The summed E-state index contributed by atoms with van der Waals surface area (Å²) < 4.78 is 12.8. The molecule has 2 aromatic rings. The Morgan fingerprint density at radius 3 is 2.46 bits per heavy atom. The van der Waals surface area contributed by atoms with E-state index in [4.69, 9.17) is 5.73 Å². The minimum atomic E-state index is -0.260. The molecule has 0 radical (unpaired) electrons. The van der Waals surface area contributed by atoms with E-state index in [0.717, 1.165) is 35.5 Å². The van der Waals surface area contributed by atoms with Crippen LogP contribution in [0.2, 0.25) is 0 Å². The predicted octanol–water partition coefficient (Wildman–Crippen LogP) is 5.91. The zero-order chi connectivity index (χ0) is 17.9. The minimum Gasteiger partial charge on any atom is -0.397 e. The topological polar surface area (TPSA) is 50.4 Å². The maximum absolute atomic E-state index is 12.8. The molecule has 128 valence electrons. The van der Waals surface area contributed by atoms with E-state index in [0.29, 0.717) is 5.69 Å². The van der Waals surface area contributed by atoms with Crippen LogP contribution in [0.15, 0.2) is 59.7 Å². The average Bonchev–Trinajstić information content (AvgIpc) is 2.59. The van der Waals surface area contributed by atoms with E-state index in [2.05, 4.69) is 23.8 Å². The molecule has 0 spiro atoms. The van der Waals surface area contributed by atoms with Crippen molar-refractivity contribution >= 4 is 23.3 Å². The zero-order valence-electron chi connectivity index (χ0n) is 14.6. The Morgan fingerprint density at radius 1 is 1.21 bits per heavy atom. The van der Waals surface area contributed by atoms with Gasteiger partial charge in [-0.15, -0.1) is 0 Å². The number of hydrogen-bond acceptors (Lipinski definition) is 3. The van der Waals surface area contributed by atoms with Crippen molar-refractivity contribution in [1.82, 2.24) is 0 Å². The second-order valence-corrected chi connectivity index (χ2v) is 5.06. The van der Waals surface area contributed by atoms with Gasteiger partial charge in [-0.05, 0) is 42.3 Å². The first-order chi connectivity index (χ1) is 11.6. The molecule has 4 heteroatoms. The fourth-order valence-corrected chi connectivity index (χ4v) is 2.00. The first-order valence-electron chi connectivity index (χ1n) is 8.22. The Balaban J connectivity index is 0.00000139. The quantitative estimate of drug-likeness (QED) is 0.512. The summed E-state index contributed by atoms with van der Waals surface area (Å²) in [6.07, 6.45) is 3.62. The lowest BCUT2D eigenvalue weighted by Crippen LogP contribution is -2.00. The van der Waals surface area contributed by atoms with Gasteiger partial charge in [-0.1, -0.05) is 45.9 Å². The highest BCUT2D eigenvalue weighted by Crippen LogP contribution is 2.26. The molecule has 0 fully saturated rings. The van der Waals surface area contributed by atoms with E-state index >= 15 is 0 Å². The van der Waals surface area contributed by atoms with E-state index in [1.807, 2.05) is 26.0 Å². The van der Waals surface area contributed by atoms with Crippen LogP contribution in [-0.2, 0) is 0 Å². The van der Waals surface area contributed by atoms with E-state index < -0.39 is 0 Å². The highest BCUT2D eigenvalue weighted by atomic mass is 19.1. The predicted molar refractivity (Wildman–Crippen MR) is 104 cm³/mol. The summed E-state index contributed by atoms with van der Waals surface area (Å²) in [4.78, 5) is 4.35. The van der Waals surface area contributed by atoms with Crippen LogP contribution in [0.1, 0.15) is 39.2 Å². The van der Waals surface area contributed by atoms with Crippen LogP contribution in [0.25, 0.3) is 0 Å². The molecule has 3 N–H and O–H groups in total. The number of nitrogen functional groups attached to an aromatic ring is 1. The van der Waals surface area contributed by atoms with Crippen LogP contribution in [0, 0.1) is 5.82 Å². The molecule has 0 saturated carbocycles. The summed E-state index contributed by atoms with van der Waals surface area (Å²) in [5.41, 5.74) is 9.99. The average molecular weight is 327 g/mol. The van der Waals surface area contributed by atoms with Gasteiger partial charge in [0.05, 0.1) is 17.1 Å². The summed E-state index contributed by atoms with van der Waals surface area (Å²) in [6, 6.07) is 11.7. The number of anilines is 2. The van der Waals surface area contributed by atoms with Gasteiger partial charge >= 0.3 is 0 Å². The van der Waals surface area contributed by atoms with Crippen molar-refractivity contribution in [1.29, 1.82) is 0 Å². The monoisotopic (exact) mass is 327 g/mol. The molecular formula is C20H26FN3. The van der Waals surface area contributed by atoms with Crippen LogP contribution in [-0.4, -0.2) is 6.21 Å². The molecule has 0 bridgehead atoms. The van der Waals surface area contributed by atoms with E-state index in [1.54, 1.807) is 24.4 Å². The van der Waals surface area contributed by atoms with Crippen LogP contribution in [0.5, 0.6) is 0 Å².